The number of rotatable bonds is 6. The van der Waals surface area contributed by atoms with E-state index < -0.39 is 0 Å². The standard InChI is InChI=1S/C15H30N2/c1-15(2,11-17(3)4)10-16-9-14-8-12-5-6-13(14)7-12/h12-14,16H,5-11H2,1-4H3. The molecule has 100 valence electrons. The Hall–Kier alpha value is -0.0800. The van der Waals surface area contributed by atoms with Crippen molar-refractivity contribution in [3.63, 3.8) is 0 Å². The van der Waals surface area contributed by atoms with E-state index in [1.807, 2.05) is 0 Å². The first-order chi connectivity index (χ1) is 7.96. The Morgan fingerprint density at radius 1 is 1.18 bits per heavy atom. The predicted octanol–water partition coefficient (Wildman–Crippen LogP) is 2.60. The minimum absolute atomic E-state index is 0.390. The summed E-state index contributed by atoms with van der Waals surface area (Å²) in [5, 5.41) is 3.73. The molecule has 0 radical (unpaired) electrons. The second-order valence-electron chi connectivity index (χ2n) is 7.47. The summed E-state index contributed by atoms with van der Waals surface area (Å²) in [7, 11) is 4.33. The molecule has 0 aliphatic heterocycles. The Morgan fingerprint density at radius 3 is 2.47 bits per heavy atom. The highest BCUT2D eigenvalue weighted by Gasteiger charge is 2.39. The molecule has 2 saturated carbocycles. The zero-order valence-electron chi connectivity index (χ0n) is 12.1. The van der Waals surface area contributed by atoms with Crippen molar-refractivity contribution in [1.82, 2.24) is 10.2 Å². The zero-order valence-corrected chi connectivity index (χ0v) is 12.1. The van der Waals surface area contributed by atoms with Crippen LogP contribution in [0.1, 0.15) is 39.5 Å². The molecule has 0 spiro atoms. The van der Waals surface area contributed by atoms with E-state index in [0.29, 0.717) is 5.41 Å². The lowest BCUT2D eigenvalue weighted by molar-refractivity contribution is 0.222. The van der Waals surface area contributed by atoms with Crippen LogP contribution in [0.5, 0.6) is 0 Å². The van der Waals surface area contributed by atoms with Gasteiger partial charge in [-0.25, -0.2) is 0 Å². The van der Waals surface area contributed by atoms with Gasteiger partial charge < -0.3 is 10.2 Å². The molecule has 17 heavy (non-hydrogen) atoms. The molecule has 3 unspecified atom stereocenters. The van der Waals surface area contributed by atoms with E-state index in [1.54, 1.807) is 0 Å². The van der Waals surface area contributed by atoms with Gasteiger partial charge in [-0.15, -0.1) is 0 Å². The maximum atomic E-state index is 3.73. The summed E-state index contributed by atoms with van der Waals surface area (Å²) >= 11 is 0. The lowest BCUT2D eigenvalue weighted by atomic mass is 9.88. The first-order valence-corrected chi connectivity index (χ1v) is 7.32. The highest BCUT2D eigenvalue weighted by Crippen LogP contribution is 2.47. The van der Waals surface area contributed by atoms with Crippen molar-refractivity contribution in [2.75, 3.05) is 33.7 Å². The fourth-order valence-electron chi connectivity index (χ4n) is 4.13. The SMILES string of the molecule is CN(C)CC(C)(C)CNCC1CC2CCC1C2. The van der Waals surface area contributed by atoms with Crippen LogP contribution in [0.2, 0.25) is 0 Å². The van der Waals surface area contributed by atoms with Crippen molar-refractivity contribution in [2.24, 2.45) is 23.2 Å². The molecular formula is C15H30N2. The minimum atomic E-state index is 0.390. The van der Waals surface area contributed by atoms with Gasteiger partial charge in [0.15, 0.2) is 0 Å². The van der Waals surface area contributed by atoms with Crippen molar-refractivity contribution < 1.29 is 0 Å². The first kappa shape index (κ1) is 13.4. The molecule has 0 amide bonds. The van der Waals surface area contributed by atoms with Gasteiger partial charge >= 0.3 is 0 Å². The molecular weight excluding hydrogens is 208 g/mol. The summed E-state index contributed by atoms with van der Waals surface area (Å²) in [5.74, 6) is 3.13. The molecule has 0 aromatic heterocycles. The van der Waals surface area contributed by atoms with E-state index in [9.17, 15) is 0 Å². The van der Waals surface area contributed by atoms with Gasteiger partial charge in [0.05, 0.1) is 0 Å². The summed E-state index contributed by atoms with van der Waals surface area (Å²) in [5.41, 5.74) is 0.390. The summed E-state index contributed by atoms with van der Waals surface area (Å²) in [6.45, 7) is 8.30. The highest BCUT2D eigenvalue weighted by molar-refractivity contribution is 4.91. The molecule has 3 atom stereocenters. The topological polar surface area (TPSA) is 15.3 Å². The van der Waals surface area contributed by atoms with E-state index >= 15 is 0 Å². The van der Waals surface area contributed by atoms with Gasteiger partial charge in [0.25, 0.3) is 0 Å². The first-order valence-electron chi connectivity index (χ1n) is 7.32. The largest absolute Gasteiger partial charge is 0.316 e. The predicted molar refractivity (Wildman–Crippen MR) is 74.1 cm³/mol. The fraction of sp³-hybridized carbons (Fsp3) is 1.00. The monoisotopic (exact) mass is 238 g/mol. The number of hydrogen-bond donors (Lipinski definition) is 1. The molecule has 1 N–H and O–H groups in total. The Kier molecular flexibility index (Phi) is 4.14. The van der Waals surface area contributed by atoms with Crippen LogP contribution < -0.4 is 5.32 Å². The van der Waals surface area contributed by atoms with Crippen LogP contribution in [0.3, 0.4) is 0 Å². The van der Waals surface area contributed by atoms with Crippen molar-refractivity contribution in [3.05, 3.63) is 0 Å². The average molecular weight is 238 g/mol. The number of hydrogen-bond acceptors (Lipinski definition) is 2. The second kappa shape index (κ2) is 5.27. The molecule has 0 saturated heterocycles. The van der Waals surface area contributed by atoms with Crippen LogP contribution in [-0.2, 0) is 0 Å². The molecule has 0 aromatic carbocycles. The van der Waals surface area contributed by atoms with Gasteiger partial charge in [-0.05, 0) is 63.1 Å². The number of fused-ring (bicyclic) bond motifs is 2. The Balaban J connectivity index is 1.66. The molecule has 0 aromatic rings. The maximum absolute atomic E-state index is 3.73. The summed E-state index contributed by atoms with van der Waals surface area (Å²) in [6, 6.07) is 0. The average Bonchev–Trinajstić information content (AvgIpc) is 2.76. The molecule has 2 aliphatic rings. The fourth-order valence-corrected chi connectivity index (χ4v) is 4.13. The van der Waals surface area contributed by atoms with E-state index in [1.165, 1.54) is 32.2 Å². The Labute approximate surface area is 107 Å². The summed E-state index contributed by atoms with van der Waals surface area (Å²) < 4.78 is 0. The quantitative estimate of drug-likeness (QED) is 0.765. The summed E-state index contributed by atoms with van der Waals surface area (Å²) in [6.07, 6.45) is 6.07. The highest BCUT2D eigenvalue weighted by atomic mass is 15.1. The zero-order chi connectivity index (χ0) is 12.5. The van der Waals surface area contributed by atoms with Crippen LogP contribution in [0, 0.1) is 23.2 Å². The van der Waals surface area contributed by atoms with E-state index in [-0.39, 0.29) is 0 Å². The van der Waals surface area contributed by atoms with Crippen LogP contribution >= 0.6 is 0 Å². The van der Waals surface area contributed by atoms with E-state index in [0.717, 1.165) is 30.8 Å². The maximum Gasteiger partial charge on any atom is 0.00387 e. The molecule has 2 nitrogen and oxygen atoms in total. The van der Waals surface area contributed by atoms with Gasteiger partial charge in [0, 0.05) is 13.1 Å². The van der Waals surface area contributed by atoms with Gasteiger partial charge in [-0.1, -0.05) is 20.3 Å². The molecule has 2 bridgehead atoms. The third kappa shape index (κ3) is 3.69. The van der Waals surface area contributed by atoms with Crippen LogP contribution in [0.4, 0.5) is 0 Å². The lowest BCUT2D eigenvalue weighted by Crippen LogP contribution is -2.39. The Bertz CT molecular complexity index is 247. The van der Waals surface area contributed by atoms with Crippen molar-refractivity contribution in [3.8, 4) is 0 Å². The minimum Gasteiger partial charge on any atom is -0.316 e. The van der Waals surface area contributed by atoms with Gasteiger partial charge in [-0.3, -0.25) is 0 Å². The Morgan fingerprint density at radius 2 is 1.94 bits per heavy atom. The molecule has 2 heteroatoms. The van der Waals surface area contributed by atoms with Crippen LogP contribution in [0.25, 0.3) is 0 Å². The second-order valence-corrected chi connectivity index (χ2v) is 7.47. The van der Waals surface area contributed by atoms with Gasteiger partial charge in [0.2, 0.25) is 0 Å². The van der Waals surface area contributed by atoms with Crippen LogP contribution in [0.15, 0.2) is 0 Å². The van der Waals surface area contributed by atoms with Crippen molar-refractivity contribution in [2.45, 2.75) is 39.5 Å². The molecule has 2 fully saturated rings. The number of nitrogens with zero attached hydrogens (tertiary/aromatic N) is 1. The smallest absolute Gasteiger partial charge is 0.00387 e. The molecule has 2 rings (SSSR count). The third-order valence-electron chi connectivity index (χ3n) is 4.64. The van der Waals surface area contributed by atoms with Crippen molar-refractivity contribution >= 4 is 0 Å². The molecule has 0 heterocycles. The molecule has 2 aliphatic carbocycles. The van der Waals surface area contributed by atoms with E-state index in [2.05, 4.69) is 38.2 Å². The summed E-state index contributed by atoms with van der Waals surface area (Å²) in [4.78, 5) is 2.29. The van der Waals surface area contributed by atoms with Gasteiger partial charge in [-0.2, -0.15) is 0 Å². The van der Waals surface area contributed by atoms with Crippen molar-refractivity contribution in [1.29, 1.82) is 0 Å². The third-order valence-corrected chi connectivity index (χ3v) is 4.64. The van der Waals surface area contributed by atoms with Gasteiger partial charge in [0.1, 0.15) is 0 Å². The van der Waals surface area contributed by atoms with E-state index in [4.69, 9.17) is 0 Å². The normalized spacial score (nSPS) is 32.6. The van der Waals surface area contributed by atoms with Crippen LogP contribution in [-0.4, -0.2) is 38.6 Å². The lowest BCUT2D eigenvalue weighted by Gasteiger charge is -2.30. The number of nitrogens with one attached hydrogen (secondary N) is 1.